The van der Waals surface area contributed by atoms with Gasteiger partial charge < -0.3 is 10.0 Å². The van der Waals surface area contributed by atoms with E-state index in [1.807, 2.05) is 14.0 Å². The smallest absolute Gasteiger partial charge is 0.305 e. The van der Waals surface area contributed by atoms with Gasteiger partial charge in [-0.15, -0.1) is 0 Å². The van der Waals surface area contributed by atoms with Crippen LogP contribution in [0.3, 0.4) is 0 Å². The lowest BCUT2D eigenvalue weighted by Crippen LogP contribution is -2.54. The zero-order chi connectivity index (χ0) is 15.6. The van der Waals surface area contributed by atoms with E-state index in [-0.39, 0.29) is 12.2 Å². The van der Waals surface area contributed by atoms with Crippen LogP contribution in [0.25, 0.3) is 0 Å². The molecule has 0 saturated carbocycles. The van der Waals surface area contributed by atoms with Gasteiger partial charge >= 0.3 is 5.97 Å². The first-order chi connectivity index (χ1) is 9.83. The molecule has 0 aliphatic carbocycles. The molecule has 1 aliphatic heterocycles. The van der Waals surface area contributed by atoms with Crippen LogP contribution in [0.2, 0.25) is 0 Å². The topological polar surface area (TPSA) is 43.8 Å². The van der Waals surface area contributed by atoms with Crippen LogP contribution in [0.5, 0.6) is 0 Å². The van der Waals surface area contributed by atoms with Crippen molar-refractivity contribution in [3.8, 4) is 0 Å². The van der Waals surface area contributed by atoms with Crippen molar-refractivity contribution in [3.63, 3.8) is 0 Å². The van der Waals surface area contributed by atoms with Crippen molar-refractivity contribution in [2.24, 2.45) is 0 Å². The zero-order valence-electron chi connectivity index (χ0n) is 12.3. The summed E-state index contributed by atoms with van der Waals surface area (Å²) >= 11 is 3.35. The zero-order valence-corrected chi connectivity index (χ0v) is 13.9. The summed E-state index contributed by atoms with van der Waals surface area (Å²) in [6.45, 7) is 4.98. The first-order valence-electron chi connectivity index (χ1n) is 6.94. The minimum atomic E-state index is -0.921. The second kappa shape index (κ2) is 6.42. The average Bonchev–Trinajstić information content (AvgIpc) is 2.41. The van der Waals surface area contributed by atoms with Gasteiger partial charge in [-0.25, -0.2) is 4.39 Å². The number of likely N-dealkylation sites (N-methyl/N-ethyl adjacent to an activating group) is 1. The molecule has 1 aromatic carbocycles. The highest BCUT2D eigenvalue weighted by molar-refractivity contribution is 9.10. The highest BCUT2D eigenvalue weighted by Crippen LogP contribution is 2.35. The van der Waals surface area contributed by atoms with Crippen LogP contribution in [0.1, 0.15) is 18.9 Å². The third kappa shape index (κ3) is 3.62. The number of benzene rings is 1. The maximum atomic E-state index is 14.3. The van der Waals surface area contributed by atoms with Crippen molar-refractivity contribution in [3.05, 3.63) is 34.1 Å². The Bertz CT molecular complexity index is 532. The van der Waals surface area contributed by atoms with Gasteiger partial charge in [-0.05, 0) is 32.2 Å². The lowest BCUT2D eigenvalue weighted by atomic mass is 9.85. The van der Waals surface area contributed by atoms with Crippen LogP contribution < -0.4 is 0 Å². The Morgan fingerprint density at radius 1 is 1.38 bits per heavy atom. The number of piperazine rings is 1. The molecule has 116 valence electrons. The fourth-order valence-corrected chi connectivity index (χ4v) is 3.24. The minimum Gasteiger partial charge on any atom is -0.481 e. The van der Waals surface area contributed by atoms with Crippen LogP contribution in [0.4, 0.5) is 4.39 Å². The first-order valence-corrected chi connectivity index (χ1v) is 7.73. The fourth-order valence-electron chi connectivity index (χ4n) is 2.88. The van der Waals surface area contributed by atoms with Crippen LogP contribution in [0, 0.1) is 5.82 Å². The summed E-state index contributed by atoms with van der Waals surface area (Å²) in [5, 5.41) is 9.28. The van der Waals surface area contributed by atoms with Gasteiger partial charge in [-0.2, -0.15) is 0 Å². The summed E-state index contributed by atoms with van der Waals surface area (Å²) in [7, 11) is 2.03. The van der Waals surface area contributed by atoms with E-state index < -0.39 is 11.5 Å². The fraction of sp³-hybridized carbons (Fsp3) is 0.533. The Labute approximate surface area is 132 Å². The number of hydrogen-bond donors (Lipinski definition) is 1. The normalized spacial score (nSPS) is 20.2. The Kier molecular flexibility index (Phi) is 5.01. The van der Waals surface area contributed by atoms with Crippen LogP contribution >= 0.6 is 15.9 Å². The number of hydrogen-bond acceptors (Lipinski definition) is 3. The molecule has 2 rings (SSSR count). The third-order valence-electron chi connectivity index (χ3n) is 4.21. The molecule has 1 unspecified atom stereocenters. The van der Waals surface area contributed by atoms with E-state index in [0.717, 1.165) is 30.7 Å². The predicted molar refractivity (Wildman–Crippen MR) is 82.8 cm³/mol. The molecular weight excluding hydrogens is 339 g/mol. The molecule has 0 aromatic heterocycles. The van der Waals surface area contributed by atoms with Crippen molar-refractivity contribution >= 4 is 21.9 Å². The Morgan fingerprint density at radius 3 is 2.57 bits per heavy atom. The van der Waals surface area contributed by atoms with Gasteiger partial charge in [0.25, 0.3) is 0 Å². The first kappa shape index (κ1) is 16.4. The van der Waals surface area contributed by atoms with Gasteiger partial charge in [0.15, 0.2) is 0 Å². The summed E-state index contributed by atoms with van der Waals surface area (Å²) in [4.78, 5) is 15.6. The molecule has 0 amide bonds. The monoisotopic (exact) mass is 358 g/mol. The van der Waals surface area contributed by atoms with Crippen molar-refractivity contribution in [1.29, 1.82) is 0 Å². The number of nitrogens with zero attached hydrogens (tertiary/aromatic N) is 2. The number of carboxylic acid groups (broad SMARTS) is 1. The third-order valence-corrected chi connectivity index (χ3v) is 4.70. The second-order valence-corrected chi connectivity index (χ2v) is 6.67. The molecule has 1 heterocycles. The number of carbonyl (C=O) groups is 1. The van der Waals surface area contributed by atoms with E-state index in [0.29, 0.717) is 5.56 Å². The molecule has 1 N–H and O–H groups in total. The predicted octanol–water partition coefficient (Wildman–Crippen LogP) is 2.53. The Balaban J connectivity index is 2.41. The van der Waals surface area contributed by atoms with Gasteiger partial charge in [0.05, 0.1) is 12.0 Å². The van der Waals surface area contributed by atoms with Gasteiger partial charge in [0.2, 0.25) is 0 Å². The van der Waals surface area contributed by atoms with Crippen molar-refractivity contribution in [2.45, 2.75) is 18.9 Å². The van der Waals surface area contributed by atoms with Gasteiger partial charge in [-0.1, -0.05) is 15.9 Å². The van der Waals surface area contributed by atoms with Crippen molar-refractivity contribution in [2.75, 3.05) is 33.2 Å². The van der Waals surface area contributed by atoms with Crippen molar-refractivity contribution in [1.82, 2.24) is 9.80 Å². The minimum absolute atomic E-state index is 0.121. The molecular formula is C15H20BrFN2O2. The van der Waals surface area contributed by atoms with Gasteiger partial charge in [-0.3, -0.25) is 9.69 Å². The average molecular weight is 359 g/mol. The standard InChI is InChI=1S/C15H20BrFN2O2/c1-15(10-14(20)21,19-7-5-18(2)6-8-19)12-9-11(16)3-4-13(12)17/h3-4,9H,5-8,10H2,1-2H3,(H,20,21). The largest absolute Gasteiger partial charge is 0.481 e. The van der Waals surface area contributed by atoms with Gasteiger partial charge in [0, 0.05) is 36.2 Å². The highest BCUT2D eigenvalue weighted by Gasteiger charge is 2.39. The Morgan fingerprint density at radius 2 is 2.00 bits per heavy atom. The van der Waals surface area contributed by atoms with Crippen LogP contribution in [0.15, 0.2) is 22.7 Å². The molecule has 1 fully saturated rings. The summed E-state index contributed by atoms with van der Waals surface area (Å²) in [6.07, 6.45) is -0.121. The molecule has 6 heteroatoms. The molecule has 0 bridgehead atoms. The van der Waals surface area contributed by atoms with E-state index in [4.69, 9.17) is 0 Å². The lowest BCUT2D eigenvalue weighted by molar-refractivity contribution is -0.141. The molecule has 21 heavy (non-hydrogen) atoms. The molecule has 1 aromatic rings. The van der Waals surface area contributed by atoms with E-state index >= 15 is 0 Å². The van der Waals surface area contributed by atoms with E-state index in [1.165, 1.54) is 6.07 Å². The quantitative estimate of drug-likeness (QED) is 0.897. The van der Waals surface area contributed by atoms with Crippen LogP contribution in [-0.4, -0.2) is 54.1 Å². The summed E-state index contributed by atoms with van der Waals surface area (Å²) in [5.41, 5.74) is -0.412. The Hall–Kier alpha value is -0.980. The summed E-state index contributed by atoms with van der Waals surface area (Å²) < 4.78 is 15.1. The van der Waals surface area contributed by atoms with Crippen LogP contribution in [-0.2, 0) is 10.3 Å². The SMILES string of the molecule is CN1CCN(C(C)(CC(=O)O)c2cc(Br)ccc2F)CC1. The molecule has 1 atom stereocenters. The van der Waals surface area contributed by atoms with Crippen molar-refractivity contribution < 1.29 is 14.3 Å². The second-order valence-electron chi connectivity index (χ2n) is 5.76. The molecule has 0 radical (unpaired) electrons. The number of carboxylic acids is 1. The number of rotatable bonds is 4. The van der Waals surface area contributed by atoms with E-state index in [1.54, 1.807) is 12.1 Å². The van der Waals surface area contributed by atoms with Gasteiger partial charge in [0.1, 0.15) is 5.82 Å². The number of halogens is 2. The lowest BCUT2D eigenvalue weighted by Gasteiger charge is -2.45. The molecule has 0 spiro atoms. The summed E-state index contributed by atoms with van der Waals surface area (Å²) in [6, 6.07) is 4.70. The molecule has 4 nitrogen and oxygen atoms in total. The highest BCUT2D eigenvalue weighted by atomic mass is 79.9. The maximum Gasteiger partial charge on any atom is 0.305 e. The molecule has 1 aliphatic rings. The molecule has 1 saturated heterocycles. The van der Waals surface area contributed by atoms with E-state index in [9.17, 15) is 14.3 Å². The maximum absolute atomic E-state index is 14.3. The van der Waals surface area contributed by atoms with E-state index in [2.05, 4.69) is 25.7 Å². The number of aliphatic carboxylic acids is 1. The summed E-state index contributed by atoms with van der Waals surface area (Å²) in [5.74, 6) is -1.28.